The molecule has 1 rings (SSSR count). The van der Waals surface area contributed by atoms with Crippen molar-refractivity contribution in [3.05, 3.63) is 29.3 Å². The summed E-state index contributed by atoms with van der Waals surface area (Å²) in [6, 6.07) is 4.12. The van der Waals surface area contributed by atoms with Crippen molar-refractivity contribution < 1.29 is 23.1 Å². The molecular formula is C12H10ClF3N2O2. The fourth-order valence-corrected chi connectivity index (χ4v) is 1.40. The molecule has 4 nitrogen and oxygen atoms in total. The smallest absolute Gasteiger partial charge is 0.379 e. The lowest BCUT2D eigenvalue weighted by Crippen LogP contribution is -2.41. The number of carbonyl (C=O) groups is 1. The van der Waals surface area contributed by atoms with Crippen molar-refractivity contribution >= 4 is 23.2 Å². The van der Waals surface area contributed by atoms with Crippen LogP contribution in [-0.4, -0.2) is 22.5 Å². The summed E-state index contributed by atoms with van der Waals surface area (Å²) in [5.74, 6) is -1.35. The van der Waals surface area contributed by atoms with E-state index in [1.54, 1.807) is 0 Å². The van der Waals surface area contributed by atoms with Gasteiger partial charge in [0.1, 0.15) is 0 Å². The van der Waals surface area contributed by atoms with Crippen molar-refractivity contribution in [2.24, 2.45) is 0 Å². The first-order valence-electron chi connectivity index (χ1n) is 5.33. The number of anilines is 1. The molecule has 8 heteroatoms. The summed E-state index contributed by atoms with van der Waals surface area (Å²) in [4.78, 5) is 11.6. The number of rotatable bonds is 3. The van der Waals surface area contributed by atoms with Crippen LogP contribution in [0, 0.1) is 11.3 Å². The Morgan fingerprint density at radius 3 is 2.55 bits per heavy atom. The second-order valence-corrected chi connectivity index (χ2v) is 4.50. The van der Waals surface area contributed by atoms with Crippen molar-refractivity contribution in [3.8, 4) is 6.07 Å². The van der Waals surface area contributed by atoms with Gasteiger partial charge in [-0.1, -0.05) is 0 Å². The van der Waals surface area contributed by atoms with E-state index in [2.05, 4.69) is 5.32 Å². The number of hydrogen-bond donors (Lipinski definition) is 2. The van der Waals surface area contributed by atoms with Crippen LogP contribution in [0.5, 0.6) is 0 Å². The lowest BCUT2D eigenvalue weighted by molar-refractivity contribution is -0.137. The standard InChI is InChI=1S/C12H10ClF3N2O2/c1-11(20,6-13)10(19)18-8-3-2-7(5-17)9(4-8)12(14,15)16/h2-4,20H,6H2,1H3,(H,18,19). The number of nitrogens with one attached hydrogen (secondary N) is 1. The first kappa shape index (κ1) is 16.3. The predicted molar refractivity (Wildman–Crippen MR) is 66.1 cm³/mol. The van der Waals surface area contributed by atoms with Gasteiger partial charge in [0.2, 0.25) is 0 Å². The van der Waals surface area contributed by atoms with Crippen LogP contribution in [0.2, 0.25) is 0 Å². The SMILES string of the molecule is CC(O)(CCl)C(=O)Nc1ccc(C#N)c(C(F)(F)F)c1. The molecule has 0 aromatic heterocycles. The van der Waals surface area contributed by atoms with Gasteiger partial charge in [-0.25, -0.2) is 0 Å². The van der Waals surface area contributed by atoms with Gasteiger partial charge in [-0.3, -0.25) is 4.79 Å². The zero-order valence-corrected chi connectivity index (χ0v) is 11.0. The van der Waals surface area contributed by atoms with Crippen molar-refractivity contribution in [2.75, 3.05) is 11.2 Å². The van der Waals surface area contributed by atoms with Gasteiger partial charge in [-0.15, -0.1) is 11.6 Å². The molecule has 0 aliphatic carbocycles. The van der Waals surface area contributed by atoms with Gasteiger partial charge in [-0.05, 0) is 25.1 Å². The van der Waals surface area contributed by atoms with Crippen molar-refractivity contribution in [2.45, 2.75) is 18.7 Å². The second kappa shape index (κ2) is 5.69. The Morgan fingerprint density at radius 2 is 2.10 bits per heavy atom. The summed E-state index contributed by atoms with van der Waals surface area (Å²) in [6.45, 7) is 1.13. The highest BCUT2D eigenvalue weighted by Crippen LogP contribution is 2.33. The Bertz CT molecular complexity index is 565. The molecular weight excluding hydrogens is 297 g/mol. The number of alkyl halides is 4. The maximum atomic E-state index is 12.7. The molecule has 0 saturated carbocycles. The van der Waals surface area contributed by atoms with E-state index in [1.165, 1.54) is 6.07 Å². The summed E-state index contributed by atoms with van der Waals surface area (Å²) >= 11 is 5.37. The molecule has 1 atom stereocenters. The van der Waals surface area contributed by atoms with Crippen LogP contribution < -0.4 is 5.32 Å². The lowest BCUT2D eigenvalue weighted by atomic mass is 10.1. The molecule has 0 spiro atoms. The first-order chi connectivity index (χ1) is 9.11. The Hall–Kier alpha value is -1.78. The number of hydrogen-bond acceptors (Lipinski definition) is 3. The minimum absolute atomic E-state index is 0.188. The first-order valence-corrected chi connectivity index (χ1v) is 5.86. The molecule has 2 N–H and O–H groups in total. The third-order valence-electron chi connectivity index (χ3n) is 2.45. The van der Waals surface area contributed by atoms with Gasteiger partial charge < -0.3 is 10.4 Å². The van der Waals surface area contributed by atoms with Gasteiger partial charge in [-0.2, -0.15) is 18.4 Å². The van der Waals surface area contributed by atoms with Crippen LogP contribution in [0.15, 0.2) is 18.2 Å². The van der Waals surface area contributed by atoms with Crippen molar-refractivity contribution in [1.82, 2.24) is 0 Å². The van der Waals surface area contributed by atoms with Crippen LogP contribution in [0.4, 0.5) is 18.9 Å². The monoisotopic (exact) mass is 306 g/mol. The second-order valence-electron chi connectivity index (χ2n) is 4.23. The summed E-state index contributed by atoms with van der Waals surface area (Å²) in [5, 5.41) is 20.3. The Labute approximate surface area is 117 Å². The van der Waals surface area contributed by atoms with Crippen LogP contribution in [0.25, 0.3) is 0 Å². The van der Waals surface area contributed by atoms with E-state index >= 15 is 0 Å². The van der Waals surface area contributed by atoms with Gasteiger partial charge in [0.05, 0.1) is 23.1 Å². The molecule has 1 aromatic carbocycles. The highest BCUT2D eigenvalue weighted by atomic mass is 35.5. The number of benzene rings is 1. The normalized spacial score (nSPS) is 14.2. The zero-order chi connectivity index (χ0) is 15.6. The predicted octanol–water partition coefficient (Wildman–Crippen LogP) is 2.51. The van der Waals surface area contributed by atoms with E-state index in [1.807, 2.05) is 0 Å². The van der Waals surface area contributed by atoms with Crippen LogP contribution >= 0.6 is 11.6 Å². The average Bonchev–Trinajstić information content (AvgIpc) is 2.37. The largest absolute Gasteiger partial charge is 0.417 e. The molecule has 0 aliphatic rings. The molecule has 1 aromatic rings. The van der Waals surface area contributed by atoms with Crippen molar-refractivity contribution in [1.29, 1.82) is 5.26 Å². The number of halogens is 4. The molecule has 1 amide bonds. The minimum Gasteiger partial charge on any atom is -0.379 e. The van der Waals surface area contributed by atoms with E-state index in [0.29, 0.717) is 6.07 Å². The summed E-state index contributed by atoms with van der Waals surface area (Å²) in [5.41, 5.74) is -3.82. The molecule has 0 radical (unpaired) electrons. The van der Waals surface area contributed by atoms with Crippen LogP contribution in [-0.2, 0) is 11.0 Å². The van der Waals surface area contributed by atoms with Crippen LogP contribution in [0.3, 0.4) is 0 Å². The molecule has 0 aliphatic heterocycles. The van der Waals surface area contributed by atoms with E-state index in [-0.39, 0.29) is 5.69 Å². The highest BCUT2D eigenvalue weighted by Gasteiger charge is 2.34. The Morgan fingerprint density at radius 1 is 1.50 bits per heavy atom. The number of amides is 1. The summed E-state index contributed by atoms with van der Waals surface area (Å²) < 4.78 is 38.2. The topological polar surface area (TPSA) is 73.1 Å². The third-order valence-corrected chi connectivity index (χ3v) is 2.97. The molecule has 0 bridgehead atoms. The van der Waals surface area contributed by atoms with Gasteiger partial charge in [0, 0.05) is 5.69 Å². The zero-order valence-electron chi connectivity index (χ0n) is 10.3. The number of aliphatic hydroxyl groups is 1. The van der Waals surface area contributed by atoms with E-state index < -0.39 is 34.7 Å². The fraction of sp³-hybridized carbons (Fsp3) is 0.333. The molecule has 0 heterocycles. The van der Waals surface area contributed by atoms with Gasteiger partial charge in [0.15, 0.2) is 5.60 Å². The number of nitrogens with zero attached hydrogens (tertiary/aromatic N) is 1. The summed E-state index contributed by atoms with van der Waals surface area (Å²) in [7, 11) is 0. The fourth-order valence-electron chi connectivity index (χ4n) is 1.28. The summed E-state index contributed by atoms with van der Waals surface area (Å²) in [6.07, 6.45) is -4.72. The quantitative estimate of drug-likeness (QED) is 0.843. The molecule has 0 saturated heterocycles. The molecule has 1 unspecified atom stereocenters. The van der Waals surface area contributed by atoms with E-state index in [0.717, 1.165) is 19.1 Å². The van der Waals surface area contributed by atoms with Crippen LogP contribution in [0.1, 0.15) is 18.1 Å². The highest BCUT2D eigenvalue weighted by molar-refractivity contribution is 6.21. The minimum atomic E-state index is -4.72. The molecule has 108 valence electrons. The Balaban J connectivity index is 3.12. The third kappa shape index (κ3) is 3.62. The van der Waals surface area contributed by atoms with E-state index in [4.69, 9.17) is 16.9 Å². The van der Waals surface area contributed by atoms with Gasteiger partial charge >= 0.3 is 6.18 Å². The maximum Gasteiger partial charge on any atom is 0.417 e. The molecule has 20 heavy (non-hydrogen) atoms. The van der Waals surface area contributed by atoms with Gasteiger partial charge in [0.25, 0.3) is 5.91 Å². The number of carbonyl (C=O) groups excluding carboxylic acids is 1. The lowest BCUT2D eigenvalue weighted by Gasteiger charge is -2.19. The van der Waals surface area contributed by atoms with Crippen molar-refractivity contribution in [3.63, 3.8) is 0 Å². The molecule has 0 fully saturated rings. The Kier molecular flexibility index (Phi) is 4.63. The number of nitriles is 1. The maximum absolute atomic E-state index is 12.7. The average molecular weight is 307 g/mol. The van der Waals surface area contributed by atoms with E-state index in [9.17, 15) is 23.1 Å².